The van der Waals surface area contributed by atoms with Gasteiger partial charge in [0.25, 0.3) is 0 Å². The van der Waals surface area contributed by atoms with Gasteiger partial charge >= 0.3 is 0 Å². The number of imidazole rings is 1. The van der Waals surface area contributed by atoms with Gasteiger partial charge in [0.05, 0.1) is 0 Å². The Kier molecular flexibility index (Phi) is 1.33. The van der Waals surface area contributed by atoms with Gasteiger partial charge in [0, 0.05) is 19.4 Å². The van der Waals surface area contributed by atoms with Crippen molar-refractivity contribution in [2.24, 2.45) is 7.05 Å². The summed E-state index contributed by atoms with van der Waals surface area (Å²) in [6.45, 7) is 0. The first kappa shape index (κ1) is 6.84. The van der Waals surface area contributed by atoms with Gasteiger partial charge in [0.2, 0.25) is 11.9 Å². The largest absolute Gasteiger partial charge is 0.366 e. The Labute approximate surface area is 68.7 Å². The Morgan fingerprint density at radius 3 is 2.75 bits per heavy atom. The molecule has 0 radical (unpaired) electrons. The van der Waals surface area contributed by atoms with Crippen molar-refractivity contribution in [1.82, 2.24) is 24.3 Å². The Balaban J connectivity index is 2.50. The summed E-state index contributed by atoms with van der Waals surface area (Å²) in [7, 11) is 1.88. The van der Waals surface area contributed by atoms with Crippen molar-refractivity contribution in [2.75, 3.05) is 5.73 Å². The zero-order chi connectivity index (χ0) is 8.55. The summed E-state index contributed by atoms with van der Waals surface area (Å²) in [5, 5.41) is 3.91. The number of rotatable bonds is 1. The van der Waals surface area contributed by atoms with E-state index in [2.05, 4.69) is 15.1 Å². The lowest BCUT2D eigenvalue weighted by molar-refractivity contribution is 0.751. The highest BCUT2D eigenvalue weighted by molar-refractivity contribution is 5.16. The second kappa shape index (κ2) is 2.33. The zero-order valence-corrected chi connectivity index (χ0v) is 6.55. The molecule has 0 aliphatic carbocycles. The van der Waals surface area contributed by atoms with E-state index in [0.717, 1.165) is 0 Å². The molecule has 0 saturated heterocycles. The van der Waals surface area contributed by atoms with Crippen LogP contribution < -0.4 is 5.73 Å². The lowest BCUT2D eigenvalue weighted by Crippen LogP contribution is -2.03. The second-order valence-corrected chi connectivity index (χ2v) is 2.39. The minimum Gasteiger partial charge on any atom is -0.366 e. The number of nitrogens with zero attached hydrogens (tertiary/aromatic N) is 5. The molecule has 2 rings (SSSR count). The fourth-order valence-electron chi connectivity index (χ4n) is 0.951. The quantitative estimate of drug-likeness (QED) is 0.621. The smallest absolute Gasteiger partial charge is 0.239 e. The first-order valence-corrected chi connectivity index (χ1v) is 3.42. The van der Waals surface area contributed by atoms with E-state index >= 15 is 0 Å². The van der Waals surface area contributed by atoms with Crippen LogP contribution in [0.4, 0.5) is 5.95 Å². The molecule has 0 fully saturated rings. The van der Waals surface area contributed by atoms with Crippen molar-refractivity contribution in [3.8, 4) is 5.95 Å². The molecule has 0 spiro atoms. The molecule has 6 nitrogen and oxygen atoms in total. The van der Waals surface area contributed by atoms with Crippen LogP contribution in [0.5, 0.6) is 0 Å². The van der Waals surface area contributed by atoms with Gasteiger partial charge in [-0.2, -0.15) is 4.68 Å². The van der Waals surface area contributed by atoms with Gasteiger partial charge in [-0.25, -0.2) is 9.97 Å². The number of aromatic nitrogens is 5. The van der Waals surface area contributed by atoms with E-state index < -0.39 is 0 Å². The van der Waals surface area contributed by atoms with Gasteiger partial charge in [-0.05, 0) is 0 Å². The second-order valence-electron chi connectivity index (χ2n) is 2.39. The predicted molar refractivity (Wildman–Crippen MR) is 42.5 cm³/mol. The summed E-state index contributed by atoms with van der Waals surface area (Å²) >= 11 is 0. The van der Waals surface area contributed by atoms with Gasteiger partial charge in [-0.3, -0.25) is 0 Å². The SMILES string of the molecule is Cn1ccnc1-n1cnc(N)n1. The van der Waals surface area contributed by atoms with Crippen LogP contribution >= 0.6 is 0 Å². The maximum absolute atomic E-state index is 5.35. The summed E-state index contributed by atoms with van der Waals surface area (Å²) in [5.74, 6) is 0.942. The van der Waals surface area contributed by atoms with Crippen molar-refractivity contribution < 1.29 is 0 Å². The lowest BCUT2D eigenvalue weighted by atomic mass is 10.9. The van der Waals surface area contributed by atoms with Crippen LogP contribution in [0.2, 0.25) is 0 Å². The van der Waals surface area contributed by atoms with Gasteiger partial charge in [0.1, 0.15) is 6.33 Å². The van der Waals surface area contributed by atoms with E-state index in [1.807, 2.05) is 17.8 Å². The molecule has 6 heteroatoms. The van der Waals surface area contributed by atoms with Gasteiger partial charge in [0.15, 0.2) is 0 Å². The van der Waals surface area contributed by atoms with E-state index in [1.54, 1.807) is 6.20 Å². The van der Waals surface area contributed by atoms with Crippen LogP contribution in [-0.4, -0.2) is 24.3 Å². The highest BCUT2D eigenvalue weighted by atomic mass is 15.4. The van der Waals surface area contributed by atoms with Crippen LogP contribution in [0.15, 0.2) is 18.7 Å². The molecule has 0 aliphatic heterocycles. The fraction of sp³-hybridized carbons (Fsp3) is 0.167. The Morgan fingerprint density at radius 2 is 2.25 bits per heavy atom. The van der Waals surface area contributed by atoms with Crippen LogP contribution in [0, 0.1) is 0 Å². The summed E-state index contributed by atoms with van der Waals surface area (Å²) in [6, 6.07) is 0. The molecule has 0 atom stereocenters. The highest BCUT2D eigenvalue weighted by Gasteiger charge is 2.02. The number of hydrogen-bond acceptors (Lipinski definition) is 4. The van der Waals surface area contributed by atoms with Gasteiger partial charge in [-0.1, -0.05) is 0 Å². The third-order valence-electron chi connectivity index (χ3n) is 1.51. The molecule has 62 valence electrons. The molecule has 0 unspecified atom stereocenters. The average Bonchev–Trinajstić information content (AvgIpc) is 2.58. The molecular weight excluding hydrogens is 156 g/mol. The first-order chi connectivity index (χ1) is 5.77. The number of aryl methyl sites for hydroxylation is 1. The topological polar surface area (TPSA) is 74.5 Å². The van der Waals surface area contributed by atoms with Crippen molar-refractivity contribution in [3.63, 3.8) is 0 Å². The van der Waals surface area contributed by atoms with Crippen LogP contribution in [0.1, 0.15) is 0 Å². The molecular formula is C6H8N6. The van der Waals surface area contributed by atoms with Crippen molar-refractivity contribution in [2.45, 2.75) is 0 Å². The number of hydrogen-bond donors (Lipinski definition) is 1. The van der Waals surface area contributed by atoms with Crippen LogP contribution in [0.3, 0.4) is 0 Å². The summed E-state index contributed by atoms with van der Waals surface area (Å²) in [4.78, 5) is 7.86. The maximum Gasteiger partial charge on any atom is 0.239 e. The van der Waals surface area contributed by atoms with Crippen molar-refractivity contribution in [3.05, 3.63) is 18.7 Å². The molecule has 2 aromatic heterocycles. The molecule has 12 heavy (non-hydrogen) atoms. The van der Waals surface area contributed by atoms with Gasteiger partial charge < -0.3 is 10.3 Å². The molecule has 0 amide bonds. The number of anilines is 1. The average molecular weight is 164 g/mol. The van der Waals surface area contributed by atoms with E-state index in [1.165, 1.54) is 11.0 Å². The van der Waals surface area contributed by atoms with E-state index in [4.69, 9.17) is 5.73 Å². The van der Waals surface area contributed by atoms with Gasteiger partial charge in [-0.15, -0.1) is 5.10 Å². The Bertz CT molecular complexity index is 386. The van der Waals surface area contributed by atoms with E-state index in [-0.39, 0.29) is 5.95 Å². The molecule has 0 aromatic carbocycles. The molecule has 2 N–H and O–H groups in total. The molecule has 0 bridgehead atoms. The highest BCUT2D eigenvalue weighted by Crippen LogP contribution is 2.01. The Morgan fingerprint density at radius 1 is 1.42 bits per heavy atom. The molecule has 2 aromatic rings. The number of nitrogen functional groups attached to an aromatic ring is 1. The molecule has 0 aliphatic rings. The summed E-state index contributed by atoms with van der Waals surface area (Å²) in [6.07, 6.45) is 5.04. The number of nitrogens with two attached hydrogens (primary N) is 1. The summed E-state index contributed by atoms with van der Waals surface area (Å²) < 4.78 is 3.35. The lowest BCUT2D eigenvalue weighted by Gasteiger charge is -1.97. The molecule has 2 heterocycles. The van der Waals surface area contributed by atoms with Crippen LogP contribution in [-0.2, 0) is 7.05 Å². The van der Waals surface area contributed by atoms with E-state index in [9.17, 15) is 0 Å². The predicted octanol–water partition coefficient (Wildman–Crippen LogP) is -0.417. The standard InChI is InChI=1S/C6H8N6/c1-11-3-2-8-6(11)12-4-9-5(7)10-12/h2-4H,1H3,(H2,7,10). The third kappa shape index (κ3) is 0.931. The minimum absolute atomic E-state index is 0.248. The fourth-order valence-corrected chi connectivity index (χ4v) is 0.951. The Hall–Kier alpha value is -1.85. The third-order valence-corrected chi connectivity index (χ3v) is 1.51. The summed E-state index contributed by atoms with van der Waals surface area (Å²) in [5.41, 5.74) is 5.35. The maximum atomic E-state index is 5.35. The molecule has 0 saturated carbocycles. The van der Waals surface area contributed by atoms with E-state index in [0.29, 0.717) is 5.95 Å². The van der Waals surface area contributed by atoms with Crippen molar-refractivity contribution >= 4 is 5.95 Å². The van der Waals surface area contributed by atoms with Crippen molar-refractivity contribution in [1.29, 1.82) is 0 Å². The normalized spacial score (nSPS) is 10.4. The monoisotopic (exact) mass is 164 g/mol. The zero-order valence-electron chi connectivity index (χ0n) is 6.55. The van der Waals surface area contributed by atoms with Crippen LogP contribution in [0.25, 0.3) is 5.95 Å². The first-order valence-electron chi connectivity index (χ1n) is 3.42. The minimum atomic E-state index is 0.248.